The summed E-state index contributed by atoms with van der Waals surface area (Å²) in [5.41, 5.74) is 7.63. The van der Waals surface area contributed by atoms with Gasteiger partial charge in [-0.2, -0.15) is 0 Å². The van der Waals surface area contributed by atoms with Crippen LogP contribution in [-0.2, 0) is 22.6 Å². The van der Waals surface area contributed by atoms with Crippen LogP contribution in [0.3, 0.4) is 0 Å². The molecule has 1 aromatic carbocycles. The number of hydrogen-bond acceptors (Lipinski definition) is 4. The zero-order valence-electron chi connectivity index (χ0n) is 14.3. The molecule has 2 heterocycles. The minimum absolute atomic E-state index is 0.0129. The first kappa shape index (κ1) is 17.9. The summed E-state index contributed by atoms with van der Waals surface area (Å²) >= 11 is 1.30. The third-order valence-corrected chi connectivity index (χ3v) is 5.34. The molecule has 134 valence electrons. The van der Waals surface area contributed by atoms with E-state index in [9.17, 15) is 14.4 Å². The zero-order valence-corrected chi connectivity index (χ0v) is 15.1. The number of hydrogen-bond donors (Lipinski definition) is 2. The van der Waals surface area contributed by atoms with Crippen molar-refractivity contribution in [2.24, 2.45) is 5.73 Å². The summed E-state index contributed by atoms with van der Waals surface area (Å²) in [6.07, 6.45) is 3.67. The number of primary amides is 1. The van der Waals surface area contributed by atoms with Gasteiger partial charge in [0, 0.05) is 24.4 Å². The van der Waals surface area contributed by atoms with Crippen molar-refractivity contribution in [2.45, 2.75) is 19.9 Å². The van der Waals surface area contributed by atoms with Gasteiger partial charge in [0.25, 0.3) is 5.91 Å². The molecule has 0 aliphatic carbocycles. The Balaban J connectivity index is 1.81. The van der Waals surface area contributed by atoms with Gasteiger partial charge in [0.2, 0.25) is 11.8 Å². The number of rotatable bonds is 4. The lowest BCUT2D eigenvalue weighted by atomic mass is 10.0. The second-order valence-corrected chi connectivity index (χ2v) is 7.10. The Morgan fingerprint density at radius 3 is 2.62 bits per heavy atom. The van der Waals surface area contributed by atoms with Crippen molar-refractivity contribution in [2.75, 3.05) is 11.9 Å². The number of benzene rings is 1. The summed E-state index contributed by atoms with van der Waals surface area (Å²) in [6.45, 7) is 2.50. The van der Waals surface area contributed by atoms with Crippen molar-refractivity contribution in [3.05, 3.63) is 58.0 Å². The summed E-state index contributed by atoms with van der Waals surface area (Å²) < 4.78 is 0. The van der Waals surface area contributed by atoms with E-state index in [0.717, 1.165) is 16.0 Å². The highest BCUT2D eigenvalue weighted by molar-refractivity contribution is 7.17. The average molecular weight is 369 g/mol. The molecule has 0 saturated heterocycles. The molecule has 1 aromatic heterocycles. The predicted molar refractivity (Wildman–Crippen MR) is 102 cm³/mol. The lowest BCUT2D eigenvalue weighted by molar-refractivity contribution is -0.129. The summed E-state index contributed by atoms with van der Waals surface area (Å²) in [7, 11) is 0. The summed E-state index contributed by atoms with van der Waals surface area (Å²) in [5, 5.41) is 3.19. The van der Waals surface area contributed by atoms with Crippen LogP contribution >= 0.6 is 11.3 Å². The Bertz CT molecular complexity index is 887. The molecule has 7 heteroatoms. The summed E-state index contributed by atoms with van der Waals surface area (Å²) in [6, 6.07) is 9.45. The van der Waals surface area contributed by atoms with E-state index in [1.165, 1.54) is 24.3 Å². The molecule has 2 aromatic rings. The molecule has 3 rings (SSSR count). The smallest absolute Gasteiger partial charge is 0.251 e. The molecule has 0 spiro atoms. The van der Waals surface area contributed by atoms with Gasteiger partial charge in [0.15, 0.2) is 0 Å². The van der Waals surface area contributed by atoms with E-state index in [4.69, 9.17) is 5.73 Å². The van der Waals surface area contributed by atoms with Crippen molar-refractivity contribution >= 4 is 40.1 Å². The first-order valence-electron chi connectivity index (χ1n) is 8.19. The van der Waals surface area contributed by atoms with E-state index in [0.29, 0.717) is 30.1 Å². The Kier molecular flexibility index (Phi) is 5.18. The van der Waals surface area contributed by atoms with Gasteiger partial charge in [-0.15, -0.1) is 11.3 Å². The third-order valence-electron chi connectivity index (χ3n) is 4.21. The fourth-order valence-corrected chi connectivity index (χ4v) is 4.18. The molecular weight excluding hydrogens is 350 g/mol. The quantitative estimate of drug-likeness (QED) is 0.811. The molecule has 0 bridgehead atoms. The number of thiophene rings is 1. The first-order chi connectivity index (χ1) is 12.5. The lowest BCUT2D eigenvalue weighted by Crippen LogP contribution is -2.34. The van der Waals surface area contributed by atoms with Crippen LogP contribution in [-0.4, -0.2) is 29.2 Å². The fraction of sp³-hybridized carbons (Fsp3) is 0.211. The molecule has 0 radical (unpaired) electrons. The number of nitrogens with two attached hydrogens (primary N) is 1. The molecule has 0 saturated carbocycles. The molecule has 3 N–H and O–H groups in total. The Hall–Kier alpha value is -2.93. The molecule has 1 aliphatic rings. The average Bonchev–Trinajstić information content (AvgIpc) is 2.97. The number of carbonyl (C=O) groups excluding carboxylic acids is 3. The molecule has 0 unspecified atom stereocenters. The summed E-state index contributed by atoms with van der Waals surface area (Å²) in [5.74, 6) is -0.916. The third kappa shape index (κ3) is 3.83. The number of anilines is 1. The van der Waals surface area contributed by atoms with Crippen LogP contribution in [0.2, 0.25) is 0 Å². The fourth-order valence-electron chi connectivity index (χ4n) is 2.91. The van der Waals surface area contributed by atoms with Crippen molar-refractivity contribution in [1.29, 1.82) is 0 Å². The van der Waals surface area contributed by atoms with Gasteiger partial charge < -0.3 is 16.0 Å². The van der Waals surface area contributed by atoms with Crippen LogP contribution in [0.15, 0.2) is 36.4 Å². The number of carbonyl (C=O) groups is 3. The van der Waals surface area contributed by atoms with Crippen LogP contribution in [0.4, 0.5) is 5.00 Å². The van der Waals surface area contributed by atoms with Crippen LogP contribution in [0.5, 0.6) is 0 Å². The van der Waals surface area contributed by atoms with Gasteiger partial charge >= 0.3 is 0 Å². The second-order valence-electron chi connectivity index (χ2n) is 6.00. The summed E-state index contributed by atoms with van der Waals surface area (Å²) in [4.78, 5) is 38.3. The van der Waals surface area contributed by atoms with E-state index in [1.54, 1.807) is 11.0 Å². The highest BCUT2D eigenvalue weighted by Gasteiger charge is 2.28. The monoisotopic (exact) mass is 369 g/mol. The predicted octanol–water partition coefficient (Wildman–Crippen LogP) is 2.40. The van der Waals surface area contributed by atoms with Gasteiger partial charge in [-0.25, -0.2) is 0 Å². The Morgan fingerprint density at radius 1 is 1.23 bits per heavy atom. The van der Waals surface area contributed by atoms with E-state index in [1.807, 2.05) is 30.3 Å². The van der Waals surface area contributed by atoms with Gasteiger partial charge in [0.05, 0.1) is 12.1 Å². The van der Waals surface area contributed by atoms with E-state index in [-0.39, 0.29) is 11.8 Å². The van der Waals surface area contributed by atoms with Gasteiger partial charge in [-0.05, 0) is 23.6 Å². The van der Waals surface area contributed by atoms with E-state index in [2.05, 4.69) is 5.32 Å². The maximum atomic E-state index is 12.2. The first-order valence-corrected chi connectivity index (χ1v) is 9.01. The van der Waals surface area contributed by atoms with Crippen LogP contribution in [0.25, 0.3) is 6.08 Å². The van der Waals surface area contributed by atoms with E-state index >= 15 is 0 Å². The molecular formula is C19H19N3O3S. The number of nitrogens with one attached hydrogen (secondary N) is 1. The lowest BCUT2D eigenvalue weighted by Gasteiger charge is -2.25. The topological polar surface area (TPSA) is 92.5 Å². The maximum Gasteiger partial charge on any atom is 0.251 e. The minimum atomic E-state index is -0.568. The standard InChI is InChI=1S/C19H19N3O3S/c1-12(23)22-10-9-14-15(11-22)26-19(17(14)18(20)25)21-16(24)8-7-13-5-3-2-4-6-13/h2-8H,9-11H2,1H3,(H2,20,25)(H,21,24)/b8-7+. The SMILES string of the molecule is CC(=O)N1CCc2c(sc(NC(=O)/C=C/c3ccccc3)c2C(N)=O)C1. The Morgan fingerprint density at radius 2 is 1.96 bits per heavy atom. The number of fused-ring (bicyclic) bond motifs is 1. The molecule has 0 fully saturated rings. The minimum Gasteiger partial charge on any atom is -0.365 e. The van der Waals surface area contributed by atoms with Gasteiger partial charge in [0.1, 0.15) is 5.00 Å². The van der Waals surface area contributed by atoms with Crippen LogP contribution < -0.4 is 11.1 Å². The van der Waals surface area contributed by atoms with Crippen molar-refractivity contribution in [3.63, 3.8) is 0 Å². The second kappa shape index (κ2) is 7.53. The van der Waals surface area contributed by atoms with E-state index < -0.39 is 5.91 Å². The van der Waals surface area contributed by atoms with Crippen molar-refractivity contribution in [1.82, 2.24) is 4.90 Å². The normalized spacial score (nSPS) is 13.5. The highest BCUT2D eigenvalue weighted by atomic mass is 32.1. The molecule has 3 amide bonds. The number of nitrogens with zero attached hydrogens (tertiary/aromatic N) is 1. The Labute approximate surface area is 155 Å². The molecule has 6 nitrogen and oxygen atoms in total. The van der Waals surface area contributed by atoms with Crippen LogP contribution in [0.1, 0.15) is 33.3 Å². The van der Waals surface area contributed by atoms with Crippen molar-refractivity contribution < 1.29 is 14.4 Å². The highest BCUT2D eigenvalue weighted by Crippen LogP contribution is 2.37. The van der Waals surface area contributed by atoms with Crippen LogP contribution in [0, 0.1) is 0 Å². The zero-order chi connectivity index (χ0) is 18.7. The number of amides is 3. The maximum absolute atomic E-state index is 12.2. The molecule has 26 heavy (non-hydrogen) atoms. The van der Waals surface area contributed by atoms with Gasteiger partial charge in [-0.1, -0.05) is 30.3 Å². The molecule has 1 aliphatic heterocycles. The largest absolute Gasteiger partial charge is 0.365 e. The van der Waals surface area contributed by atoms with Gasteiger partial charge in [-0.3, -0.25) is 14.4 Å². The van der Waals surface area contributed by atoms with Crippen molar-refractivity contribution in [3.8, 4) is 0 Å². The molecule has 0 atom stereocenters.